The molecule has 8 heteroatoms. The van der Waals surface area contributed by atoms with Crippen LogP contribution >= 0.6 is 11.8 Å². The summed E-state index contributed by atoms with van der Waals surface area (Å²) < 4.78 is 35.9. The van der Waals surface area contributed by atoms with Gasteiger partial charge in [-0.2, -0.15) is 18.2 Å². The van der Waals surface area contributed by atoms with Gasteiger partial charge in [-0.15, -0.1) is 0 Å². The molecule has 0 unspecified atom stereocenters. The van der Waals surface area contributed by atoms with Gasteiger partial charge in [0.25, 0.3) is 0 Å². The van der Waals surface area contributed by atoms with Crippen LogP contribution < -0.4 is 10.6 Å². The molecule has 0 saturated carbocycles. The van der Waals surface area contributed by atoms with Crippen LogP contribution in [-0.2, 0) is 0 Å². The molecule has 0 fully saturated rings. The molecule has 0 aliphatic heterocycles. The van der Waals surface area contributed by atoms with Crippen molar-refractivity contribution in [2.24, 2.45) is 0 Å². The minimum absolute atomic E-state index is 0.0448. The Balaban J connectivity index is 2.47. The second-order valence-corrected chi connectivity index (χ2v) is 5.03. The quantitative estimate of drug-likeness (QED) is 0.756. The standard InChI is InChI=1S/C11H17F3N4S/c1-3-4-16-10-17-7-8(2)9(18-10)15-5-6-19-11(12,13)14/h7H,3-6H2,1-2H3,(H2,15,16,17,18). The fourth-order valence-corrected chi connectivity index (χ4v) is 1.71. The van der Waals surface area contributed by atoms with E-state index >= 15 is 0 Å². The molecule has 0 atom stereocenters. The summed E-state index contributed by atoms with van der Waals surface area (Å²) in [6.45, 7) is 4.79. The van der Waals surface area contributed by atoms with Crippen molar-refractivity contribution < 1.29 is 13.2 Å². The van der Waals surface area contributed by atoms with Crippen molar-refractivity contribution in [3.8, 4) is 0 Å². The Morgan fingerprint density at radius 3 is 2.63 bits per heavy atom. The van der Waals surface area contributed by atoms with E-state index in [4.69, 9.17) is 0 Å². The van der Waals surface area contributed by atoms with Crippen molar-refractivity contribution in [1.29, 1.82) is 0 Å². The molecule has 0 aliphatic rings. The zero-order valence-corrected chi connectivity index (χ0v) is 11.7. The zero-order valence-electron chi connectivity index (χ0n) is 10.8. The van der Waals surface area contributed by atoms with Gasteiger partial charge in [0.1, 0.15) is 5.82 Å². The second kappa shape index (κ2) is 7.42. The maximum atomic E-state index is 12.0. The van der Waals surface area contributed by atoms with Gasteiger partial charge in [-0.25, -0.2) is 4.98 Å². The molecule has 0 radical (unpaired) electrons. The number of anilines is 2. The molecule has 0 bridgehead atoms. The monoisotopic (exact) mass is 294 g/mol. The molecule has 2 N–H and O–H groups in total. The average molecular weight is 294 g/mol. The van der Waals surface area contributed by atoms with Crippen LogP contribution in [0, 0.1) is 6.92 Å². The highest BCUT2D eigenvalue weighted by molar-refractivity contribution is 8.00. The molecular weight excluding hydrogens is 277 g/mol. The lowest BCUT2D eigenvalue weighted by molar-refractivity contribution is -0.0327. The molecule has 0 saturated heterocycles. The van der Waals surface area contributed by atoms with Crippen LogP contribution in [0.4, 0.5) is 24.9 Å². The summed E-state index contributed by atoms with van der Waals surface area (Å²) in [5, 5.41) is 5.92. The van der Waals surface area contributed by atoms with Crippen LogP contribution in [0.25, 0.3) is 0 Å². The fraction of sp³-hybridized carbons (Fsp3) is 0.636. The summed E-state index contributed by atoms with van der Waals surface area (Å²) in [5.74, 6) is 1.000. The SMILES string of the molecule is CCCNc1ncc(C)c(NCCSC(F)(F)F)n1. The molecule has 19 heavy (non-hydrogen) atoms. The van der Waals surface area contributed by atoms with Gasteiger partial charge in [-0.3, -0.25) is 0 Å². The van der Waals surface area contributed by atoms with Gasteiger partial charge in [-0.1, -0.05) is 6.92 Å². The minimum atomic E-state index is -4.18. The molecule has 0 aliphatic carbocycles. The average Bonchev–Trinajstić information content (AvgIpc) is 2.33. The van der Waals surface area contributed by atoms with Crippen LogP contribution in [0.5, 0.6) is 0 Å². The number of halogens is 3. The first-order chi connectivity index (χ1) is 8.92. The largest absolute Gasteiger partial charge is 0.441 e. The first-order valence-electron chi connectivity index (χ1n) is 5.94. The van der Waals surface area contributed by atoms with Gasteiger partial charge in [0.05, 0.1) is 0 Å². The number of aromatic nitrogens is 2. The fourth-order valence-electron chi connectivity index (χ4n) is 1.28. The van der Waals surface area contributed by atoms with Crippen LogP contribution in [0.2, 0.25) is 0 Å². The van der Waals surface area contributed by atoms with Crippen molar-refractivity contribution in [2.75, 3.05) is 29.5 Å². The van der Waals surface area contributed by atoms with E-state index in [0.29, 0.717) is 11.8 Å². The van der Waals surface area contributed by atoms with Crippen LogP contribution in [0.1, 0.15) is 18.9 Å². The highest BCUT2D eigenvalue weighted by Gasteiger charge is 2.27. The zero-order chi connectivity index (χ0) is 14.3. The van der Waals surface area contributed by atoms with Gasteiger partial charge in [0.2, 0.25) is 5.95 Å². The van der Waals surface area contributed by atoms with Crippen molar-refractivity contribution >= 4 is 23.5 Å². The van der Waals surface area contributed by atoms with E-state index in [1.54, 1.807) is 6.20 Å². The Morgan fingerprint density at radius 1 is 1.26 bits per heavy atom. The maximum Gasteiger partial charge on any atom is 0.441 e. The Morgan fingerprint density at radius 2 is 2.00 bits per heavy atom. The molecule has 0 aromatic carbocycles. The van der Waals surface area contributed by atoms with Crippen LogP contribution in [0.3, 0.4) is 0 Å². The molecule has 1 aromatic rings. The van der Waals surface area contributed by atoms with Crippen molar-refractivity contribution in [2.45, 2.75) is 25.8 Å². The van der Waals surface area contributed by atoms with E-state index < -0.39 is 5.51 Å². The highest BCUT2D eigenvalue weighted by Crippen LogP contribution is 2.29. The van der Waals surface area contributed by atoms with Crippen LogP contribution in [-0.4, -0.2) is 34.3 Å². The topological polar surface area (TPSA) is 49.8 Å². The molecule has 1 aromatic heterocycles. The van der Waals surface area contributed by atoms with Gasteiger partial charge in [-0.05, 0) is 25.1 Å². The van der Waals surface area contributed by atoms with Crippen molar-refractivity contribution in [3.05, 3.63) is 11.8 Å². The number of nitrogens with one attached hydrogen (secondary N) is 2. The summed E-state index contributed by atoms with van der Waals surface area (Å²) in [6, 6.07) is 0. The molecule has 1 rings (SSSR count). The first-order valence-corrected chi connectivity index (χ1v) is 6.93. The Kier molecular flexibility index (Phi) is 6.20. The molecular formula is C11H17F3N4S. The minimum Gasteiger partial charge on any atom is -0.369 e. The molecule has 1 heterocycles. The third kappa shape index (κ3) is 6.51. The summed E-state index contributed by atoms with van der Waals surface area (Å²) in [5.41, 5.74) is -3.38. The Labute approximate surface area is 114 Å². The lowest BCUT2D eigenvalue weighted by atomic mass is 10.3. The Bertz CT molecular complexity index is 398. The van der Waals surface area contributed by atoms with Crippen LogP contribution in [0.15, 0.2) is 6.20 Å². The van der Waals surface area contributed by atoms with Gasteiger partial charge in [0, 0.05) is 30.6 Å². The highest BCUT2D eigenvalue weighted by atomic mass is 32.2. The number of nitrogens with zero attached hydrogens (tertiary/aromatic N) is 2. The molecule has 0 amide bonds. The van der Waals surface area contributed by atoms with Crippen molar-refractivity contribution in [3.63, 3.8) is 0 Å². The van der Waals surface area contributed by atoms with Gasteiger partial charge < -0.3 is 10.6 Å². The summed E-state index contributed by atoms with van der Waals surface area (Å²) in [6.07, 6.45) is 2.59. The number of alkyl halides is 3. The number of hydrogen-bond donors (Lipinski definition) is 2. The third-order valence-corrected chi connectivity index (χ3v) is 2.90. The number of aryl methyl sites for hydroxylation is 1. The van der Waals surface area contributed by atoms with E-state index in [-0.39, 0.29) is 24.1 Å². The predicted molar refractivity (Wildman–Crippen MR) is 72.6 cm³/mol. The van der Waals surface area contributed by atoms with Gasteiger partial charge >= 0.3 is 5.51 Å². The normalized spacial score (nSPS) is 11.4. The summed E-state index contributed by atoms with van der Waals surface area (Å²) in [4.78, 5) is 8.32. The first kappa shape index (κ1) is 15.9. The summed E-state index contributed by atoms with van der Waals surface area (Å²) >= 11 is -0.0448. The number of thioether (sulfide) groups is 1. The van der Waals surface area contributed by atoms with E-state index in [2.05, 4.69) is 20.6 Å². The molecule has 108 valence electrons. The maximum absolute atomic E-state index is 12.0. The number of rotatable bonds is 7. The lowest BCUT2D eigenvalue weighted by Crippen LogP contribution is -2.12. The summed E-state index contributed by atoms with van der Waals surface area (Å²) in [7, 11) is 0. The van der Waals surface area contributed by atoms with Crippen molar-refractivity contribution in [1.82, 2.24) is 9.97 Å². The van der Waals surface area contributed by atoms with E-state index in [9.17, 15) is 13.2 Å². The van der Waals surface area contributed by atoms with E-state index in [0.717, 1.165) is 18.5 Å². The van der Waals surface area contributed by atoms with E-state index in [1.165, 1.54) is 0 Å². The predicted octanol–water partition coefficient (Wildman–Crippen LogP) is 3.27. The third-order valence-electron chi connectivity index (χ3n) is 2.17. The molecule has 4 nitrogen and oxygen atoms in total. The Hall–Kier alpha value is -1.18. The second-order valence-electron chi connectivity index (χ2n) is 3.87. The molecule has 0 spiro atoms. The smallest absolute Gasteiger partial charge is 0.369 e. The number of hydrogen-bond acceptors (Lipinski definition) is 5. The lowest BCUT2D eigenvalue weighted by Gasteiger charge is -2.11. The van der Waals surface area contributed by atoms with E-state index in [1.807, 2.05) is 13.8 Å². The van der Waals surface area contributed by atoms with Gasteiger partial charge in [0.15, 0.2) is 0 Å².